The topological polar surface area (TPSA) is 52.3 Å². The predicted octanol–water partition coefficient (Wildman–Crippen LogP) is 3.42. The minimum Gasteiger partial charge on any atom is -0.411 e. The van der Waals surface area contributed by atoms with E-state index in [2.05, 4.69) is 18.2 Å². The maximum Gasteiger partial charge on any atom is 0.150 e. The van der Waals surface area contributed by atoms with Crippen molar-refractivity contribution in [2.45, 2.75) is 32.1 Å². The van der Waals surface area contributed by atoms with Crippen LogP contribution in [0.2, 0.25) is 0 Å². The lowest BCUT2D eigenvalue weighted by Gasteiger charge is -2.10. The minimum absolute atomic E-state index is 0.201. The van der Waals surface area contributed by atoms with E-state index in [9.17, 15) is 4.79 Å². The van der Waals surface area contributed by atoms with Gasteiger partial charge in [-0.05, 0) is 54.9 Å². The van der Waals surface area contributed by atoms with Crippen LogP contribution in [0.25, 0.3) is 0 Å². The van der Waals surface area contributed by atoms with Crippen LogP contribution in [0.4, 0.5) is 0 Å². The lowest BCUT2D eigenvalue weighted by molar-refractivity contribution is -0.118. The third-order valence-corrected chi connectivity index (χ3v) is 4.48. The molecule has 2 aromatic carbocycles. The summed E-state index contributed by atoms with van der Waals surface area (Å²) in [5.74, 6) is 6.97. The fraction of sp³-hybridized carbons (Fsp3) is 0.316. The molecule has 2 aromatic rings. The molecule has 2 N–H and O–H groups in total. The minimum atomic E-state index is 0.201. The predicted molar refractivity (Wildman–Crippen MR) is 86.6 cm³/mol. The highest BCUT2D eigenvalue weighted by molar-refractivity contribution is 5.82. The molecule has 1 saturated carbocycles. The van der Waals surface area contributed by atoms with Crippen LogP contribution in [0.15, 0.2) is 48.5 Å². The molecule has 0 bridgehead atoms. The Morgan fingerprint density at radius 2 is 1.95 bits per heavy atom. The van der Waals surface area contributed by atoms with Gasteiger partial charge in [-0.1, -0.05) is 42.5 Å². The Kier molecular flexibility index (Phi) is 4.25. The molecule has 0 amide bonds. The average molecular weight is 295 g/mol. The summed E-state index contributed by atoms with van der Waals surface area (Å²) in [6.07, 6.45) is 2.79. The monoisotopic (exact) mass is 295 g/mol. The molecule has 2 unspecified atom stereocenters. The largest absolute Gasteiger partial charge is 0.411 e. The average Bonchev–Trinajstić information content (AvgIpc) is 3.34. The van der Waals surface area contributed by atoms with Gasteiger partial charge >= 0.3 is 0 Å². The number of carbonyl (C=O) groups excluding carboxylic acids is 1. The van der Waals surface area contributed by atoms with Gasteiger partial charge in [-0.25, -0.2) is 0 Å². The number of aryl methyl sites for hydroxylation is 2. The van der Waals surface area contributed by atoms with Crippen molar-refractivity contribution in [2.75, 3.05) is 0 Å². The van der Waals surface area contributed by atoms with E-state index in [0.717, 1.165) is 30.6 Å². The molecule has 114 valence electrons. The number of hydrogen-bond acceptors (Lipinski definition) is 3. The zero-order chi connectivity index (χ0) is 15.5. The first-order valence-electron chi connectivity index (χ1n) is 7.73. The van der Waals surface area contributed by atoms with E-state index in [0.29, 0.717) is 5.92 Å². The molecule has 0 saturated heterocycles. The molecule has 2 atom stereocenters. The second-order valence-electron chi connectivity index (χ2n) is 6.03. The summed E-state index contributed by atoms with van der Waals surface area (Å²) >= 11 is 0. The number of carbonyl (C=O) groups is 1. The molecular weight excluding hydrogens is 274 g/mol. The number of hydrogen-bond donors (Lipinski definition) is 1. The van der Waals surface area contributed by atoms with Gasteiger partial charge in [-0.3, -0.25) is 4.79 Å². The molecule has 0 heterocycles. The van der Waals surface area contributed by atoms with E-state index in [1.54, 1.807) is 6.92 Å². The van der Waals surface area contributed by atoms with Gasteiger partial charge in [0.25, 0.3) is 0 Å². The highest BCUT2D eigenvalue weighted by Crippen LogP contribution is 2.48. The molecule has 1 aliphatic carbocycles. The molecule has 3 rings (SSSR count). The summed E-state index contributed by atoms with van der Waals surface area (Å²) in [6, 6.07) is 16.5. The Bertz CT molecular complexity index is 666. The fourth-order valence-electron chi connectivity index (χ4n) is 3.08. The fourth-order valence-corrected chi connectivity index (χ4v) is 3.08. The summed E-state index contributed by atoms with van der Waals surface area (Å²) in [5.41, 5.74) is 3.63. The molecular formula is C19H21NO2. The summed E-state index contributed by atoms with van der Waals surface area (Å²) in [5, 5.41) is 0. The van der Waals surface area contributed by atoms with E-state index in [-0.39, 0.29) is 11.7 Å². The second-order valence-corrected chi connectivity index (χ2v) is 6.03. The van der Waals surface area contributed by atoms with E-state index in [1.165, 1.54) is 11.1 Å². The summed E-state index contributed by atoms with van der Waals surface area (Å²) in [6.45, 7) is 1.68. The van der Waals surface area contributed by atoms with Crippen LogP contribution in [-0.4, -0.2) is 5.78 Å². The van der Waals surface area contributed by atoms with Gasteiger partial charge < -0.3 is 4.84 Å². The van der Waals surface area contributed by atoms with Crippen LogP contribution in [0.3, 0.4) is 0 Å². The van der Waals surface area contributed by atoms with Crippen molar-refractivity contribution in [1.29, 1.82) is 0 Å². The molecule has 0 aliphatic heterocycles. The van der Waals surface area contributed by atoms with Crippen molar-refractivity contribution < 1.29 is 9.63 Å². The van der Waals surface area contributed by atoms with E-state index in [4.69, 9.17) is 10.7 Å². The Morgan fingerprint density at radius 3 is 2.59 bits per heavy atom. The van der Waals surface area contributed by atoms with Gasteiger partial charge in [0.15, 0.2) is 0 Å². The second kappa shape index (κ2) is 6.32. The smallest absolute Gasteiger partial charge is 0.150 e. The normalized spacial score (nSPS) is 19.7. The first kappa shape index (κ1) is 14.8. The van der Waals surface area contributed by atoms with Gasteiger partial charge in [0, 0.05) is 5.92 Å². The Hall–Kier alpha value is -2.13. The number of Topliss-reactive ketones (excluding diaryl/α,β-unsaturated/α-hetero) is 1. The van der Waals surface area contributed by atoms with Crippen molar-refractivity contribution >= 4 is 5.78 Å². The van der Waals surface area contributed by atoms with Crippen molar-refractivity contribution in [3.8, 4) is 5.75 Å². The van der Waals surface area contributed by atoms with Gasteiger partial charge in [0.2, 0.25) is 0 Å². The lowest BCUT2D eigenvalue weighted by atomic mass is 9.99. The van der Waals surface area contributed by atoms with Crippen molar-refractivity contribution in [2.24, 2.45) is 11.8 Å². The Morgan fingerprint density at radius 1 is 1.18 bits per heavy atom. The van der Waals surface area contributed by atoms with Crippen LogP contribution in [-0.2, 0) is 17.6 Å². The van der Waals surface area contributed by atoms with E-state index >= 15 is 0 Å². The summed E-state index contributed by atoms with van der Waals surface area (Å²) in [4.78, 5) is 16.5. The molecule has 3 nitrogen and oxygen atoms in total. The van der Waals surface area contributed by atoms with Gasteiger partial charge in [0.1, 0.15) is 11.5 Å². The highest BCUT2D eigenvalue weighted by Gasteiger charge is 2.41. The molecule has 22 heavy (non-hydrogen) atoms. The van der Waals surface area contributed by atoms with Crippen LogP contribution in [0, 0.1) is 5.92 Å². The third kappa shape index (κ3) is 3.20. The lowest BCUT2D eigenvalue weighted by Crippen LogP contribution is -2.06. The number of ketones is 1. The molecule has 1 aliphatic rings. The Labute approximate surface area is 131 Å². The molecule has 3 heteroatoms. The van der Waals surface area contributed by atoms with E-state index < -0.39 is 0 Å². The number of nitrogens with two attached hydrogens (primary N) is 1. The molecule has 0 aromatic heterocycles. The third-order valence-electron chi connectivity index (χ3n) is 4.48. The highest BCUT2D eigenvalue weighted by atomic mass is 16.6. The SMILES string of the molecule is CC(=O)C1CC1c1ccc(ON)c(CCc2ccccc2)c1. The van der Waals surface area contributed by atoms with Crippen LogP contribution < -0.4 is 10.7 Å². The molecule has 0 spiro atoms. The van der Waals surface area contributed by atoms with Crippen molar-refractivity contribution in [1.82, 2.24) is 0 Å². The van der Waals surface area contributed by atoms with Gasteiger partial charge in [0.05, 0.1) is 0 Å². The van der Waals surface area contributed by atoms with Gasteiger partial charge in [-0.2, -0.15) is 5.90 Å². The Balaban J connectivity index is 1.75. The zero-order valence-electron chi connectivity index (χ0n) is 12.8. The molecule has 1 fully saturated rings. The van der Waals surface area contributed by atoms with Crippen molar-refractivity contribution in [3.05, 3.63) is 65.2 Å². The number of benzene rings is 2. The maximum atomic E-state index is 11.5. The summed E-state index contributed by atoms with van der Waals surface area (Å²) < 4.78 is 0. The van der Waals surface area contributed by atoms with Crippen LogP contribution in [0.5, 0.6) is 5.75 Å². The van der Waals surface area contributed by atoms with Crippen LogP contribution in [0.1, 0.15) is 36.0 Å². The standard InChI is InChI=1S/C19H21NO2/c1-13(21)17-12-18(17)15-9-10-19(22-20)16(11-15)8-7-14-5-3-2-4-6-14/h2-6,9-11,17-18H,7-8,12,20H2,1H3. The quantitative estimate of drug-likeness (QED) is 0.831. The zero-order valence-corrected chi connectivity index (χ0v) is 12.8. The van der Waals surface area contributed by atoms with Crippen LogP contribution >= 0.6 is 0 Å². The molecule has 0 radical (unpaired) electrons. The first-order chi connectivity index (χ1) is 10.7. The van der Waals surface area contributed by atoms with Crippen molar-refractivity contribution in [3.63, 3.8) is 0 Å². The van der Waals surface area contributed by atoms with E-state index in [1.807, 2.05) is 30.3 Å². The number of rotatable bonds is 6. The maximum absolute atomic E-state index is 11.5. The summed E-state index contributed by atoms with van der Waals surface area (Å²) in [7, 11) is 0. The van der Waals surface area contributed by atoms with Gasteiger partial charge in [-0.15, -0.1) is 0 Å². The first-order valence-corrected chi connectivity index (χ1v) is 7.73.